The third-order valence-electron chi connectivity index (χ3n) is 2.71. The summed E-state index contributed by atoms with van der Waals surface area (Å²) in [5, 5.41) is 1.74. The lowest BCUT2D eigenvalue weighted by Gasteiger charge is -2.04. The molecule has 0 aliphatic carbocycles. The van der Waals surface area contributed by atoms with Crippen LogP contribution in [0.5, 0.6) is 0 Å². The van der Waals surface area contributed by atoms with Crippen molar-refractivity contribution in [1.29, 1.82) is 0 Å². The number of benzene rings is 1. The molecule has 1 aromatic carbocycles. The lowest BCUT2D eigenvalue weighted by Crippen LogP contribution is -2.22. The summed E-state index contributed by atoms with van der Waals surface area (Å²) >= 11 is 1.20. The number of hydrogen-bond acceptors (Lipinski definition) is 4. The van der Waals surface area contributed by atoms with Crippen LogP contribution in [0.25, 0.3) is 11.0 Å². The molecule has 19 heavy (non-hydrogen) atoms. The van der Waals surface area contributed by atoms with Crippen molar-refractivity contribution in [3.63, 3.8) is 0 Å². The van der Waals surface area contributed by atoms with E-state index in [0.717, 1.165) is 16.6 Å². The molecule has 2 aromatic heterocycles. The molecule has 0 fully saturated rings. The highest BCUT2D eigenvalue weighted by molar-refractivity contribution is 7.91. The Morgan fingerprint density at radius 2 is 2.21 bits per heavy atom. The van der Waals surface area contributed by atoms with Crippen molar-refractivity contribution in [2.24, 2.45) is 0 Å². The molecule has 0 spiro atoms. The molecular weight excluding hydrogens is 282 g/mol. The molecule has 2 heterocycles. The summed E-state index contributed by atoms with van der Waals surface area (Å²) in [6, 6.07) is 8.92. The second-order valence-electron chi connectivity index (χ2n) is 4.01. The summed E-state index contributed by atoms with van der Waals surface area (Å²) < 4.78 is 26.8. The van der Waals surface area contributed by atoms with E-state index >= 15 is 0 Å². The van der Waals surface area contributed by atoms with Crippen molar-refractivity contribution in [3.8, 4) is 0 Å². The molecule has 0 bridgehead atoms. The molecule has 2 N–H and O–H groups in total. The Morgan fingerprint density at radius 1 is 1.32 bits per heavy atom. The predicted molar refractivity (Wildman–Crippen MR) is 74.4 cm³/mol. The number of thiophene rings is 1. The third kappa shape index (κ3) is 2.53. The van der Waals surface area contributed by atoms with E-state index in [9.17, 15) is 8.42 Å². The van der Waals surface area contributed by atoms with E-state index in [4.69, 9.17) is 0 Å². The Kier molecular flexibility index (Phi) is 3.09. The molecule has 3 aromatic rings. The third-order valence-corrected chi connectivity index (χ3v) is 5.51. The van der Waals surface area contributed by atoms with E-state index in [1.807, 2.05) is 18.2 Å². The van der Waals surface area contributed by atoms with Gasteiger partial charge in [0.1, 0.15) is 4.21 Å². The van der Waals surface area contributed by atoms with Gasteiger partial charge in [-0.2, -0.15) is 0 Å². The van der Waals surface area contributed by atoms with E-state index < -0.39 is 10.0 Å². The minimum Gasteiger partial charge on any atom is -0.345 e. The normalized spacial score (nSPS) is 12.0. The van der Waals surface area contributed by atoms with Crippen LogP contribution in [-0.2, 0) is 16.6 Å². The molecule has 0 saturated carbocycles. The molecule has 0 atom stereocenters. The van der Waals surface area contributed by atoms with E-state index in [1.165, 1.54) is 11.3 Å². The van der Waals surface area contributed by atoms with Crippen LogP contribution in [0.2, 0.25) is 0 Å². The largest absolute Gasteiger partial charge is 0.345 e. The summed E-state index contributed by atoms with van der Waals surface area (Å²) in [7, 11) is -3.41. The van der Waals surface area contributed by atoms with Crippen LogP contribution in [0.1, 0.15) is 5.56 Å². The monoisotopic (exact) mass is 293 g/mol. The van der Waals surface area contributed by atoms with Gasteiger partial charge in [0.15, 0.2) is 0 Å². The van der Waals surface area contributed by atoms with Crippen molar-refractivity contribution < 1.29 is 8.42 Å². The smallest absolute Gasteiger partial charge is 0.250 e. The van der Waals surface area contributed by atoms with E-state index in [0.29, 0.717) is 4.21 Å². The molecule has 0 amide bonds. The molecule has 3 rings (SSSR count). The fourth-order valence-corrected chi connectivity index (χ4v) is 3.81. The zero-order valence-corrected chi connectivity index (χ0v) is 11.5. The molecule has 7 heteroatoms. The van der Waals surface area contributed by atoms with Crippen LogP contribution >= 0.6 is 11.3 Å². The van der Waals surface area contributed by atoms with Crippen molar-refractivity contribution in [2.45, 2.75) is 10.8 Å². The number of fused-ring (bicyclic) bond motifs is 1. The maximum absolute atomic E-state index is 12.0. The Morgan fingerprint density at radius 3 is 3.00 bits per heavy atom. The molecule has 0 radical (unpaired) electrons. The zero-order chi connectivity index (χ0) is 13.3. The first-order chi connectivity index (χ1) is 9.15. The Balaban J connectivity index is 1.79. The number of H-pyrrole nitrogens is 1. The van der Waals surface area contributed by atoms with Crippen molar-refractivity contribution >= 4 is 32.4 Å². The Hall–Kier alpha value is -1.70. The van der Waals surface area contributed by atoms with Crippen molar-refractivity contribution in [1.82, 2.24) is 14.7 Å². The van der Waals surface area contributed by atoms with Crippen LogP contribution in [0, 0.1) is 0 Å². The molecule has 0 aliphatic rings. The minimum absolute atomic E-state index is 0.259. The number of imidazole rings is 1. The van der Waals surface area contributed by atoms with Crippen LogP contribution < -0.4 is 4.72 Å². The number of aromatic nitrogens is 2. The zero-order valence-electron chi connectivity index (χ0n) is 9.83. The standard InChI is InChI=1S/C12H11N3O2S2/c16-19(17,12-2-1-5-18-12)15-7-9-3-4-10-11(6-9)14-8-13-10/h1-6,8,15H,7H2,(H,13,14). The van der Waals surface area contributed by atoms with Gasteiger partial charge in [-0.25, -0.2) is 18.1 Å². The Bertz CT molecular complexity index is 791. The van der Waals surface area contributed by atoms with E-state index in [1.54, 1.807) is 23.8 Å². The highest BCUT2D eigenvalue weighted by Gasteiger charge is 2.14. The van der Waals surface area contributed by atoms with Gasteiger partial charge in [0, 0.05) is 6.54 Å². The average molecular weight is 293 g/mol. The van der Waals surface area contributed by atoms with Crippen LogP contribution in [-0.4, -0.2) is 18.4 Å². The molecule has 98 valence electrons. The minimum atomic E-state index is -3.41. The number of hydrogen-bond donors (Lipinski definition) is 2. The van der Waals surface area contributed by atoms with Crippen molar-refractivity contribution in [2.75, 3.05) is 0 Å². The van der Waals surface area contributed by atoms with Crippen LogP contribution in [0.3, 0.4) is 0 Å². The fraction of sp³-hybridized carbons (Fsp3) is 0.0833. The summed E-state index contributed by atoms with van der Waals surface area (Å²) in [5.74, 6) is 0. The lowest BCUT2D eigenvalue weighted by atomic mass is 10.2. The van der Waals surface area contributed by atoms with E-state index in [-0.39, 0.29) is 6.54 Å². The lowest BCUT2D eigenvalue weighted by molar-refractivity contribution is 0.583. The van der Waals surface area contributed by atoms with Gasteiger partial charge in [-0.1, -0.05) is 12.1 Å². The van der Waals surface area contributed by atoms with Crippen molar-refractivity contribution in [3.05, 3.63) is 47.6 Å². The molecule has 5 nitrogen and oxygen atoms in total. The maximum atomic E-state index is 12.0. The molecule has 0 aliphatic heterocycles. The highest BCUT2D eigenvalue weighted by atomic mass is 32.2. The first-order valence-corrected chi connectivity index (χ1v) is 7.97. The highest BCUT2D eigenvalue weighted by Crippen LogP contribution is 2.16. The second-order valence-corrected chi connectivity index (χ2v) is 6.95. The molecular formula is C12H11N3O2S2. The summed E-state index contributed by atoms with van der Waals surface area (Å²) in [4.78, 5) is 7.12. The summed E-state index contributed by atoms with van der Waals surface area (Å²) in [6.45, 7) is 0.259. The van der Waals surface area contributed by atoms with Crippen LogP contribution in [0.4, 0.5) is 0 Å². The van der Waals surface area contributed by atoms with Crippen LogP contribution in [0.15, 0.2) is 46.2 Å². The fourth-order valence-electron chi connectivity index (χ4n) is 1.76. The number of sulfonamides is 1. The summed E-state index contributed by atoms with van der Waals surface area (Å²) in [6.07, 6.45) is 1.62. The SMILES string of the molecule is O=S(=O)(NCc1ccc2nc[nH]c2c1)c1cccs1. The van der Waals surface area contributed by atoms with Gasteiger partial charge < -0.3 is 4.98 Å². The van der Waals surface area contributed by atoms with Gasteiger partial charge in [0.25, 0.3) is 0 Å². The predicted octanol–water partition coefficient (Wildman–Crippen LogP) is 2.10. The summed E-state index contributed by atoms with van der Waals surface area (Å²) in [5.41, 5.74) is 2.65. The maximum Gasteiger partial charge on any atom is 0.250 e. The van der Waals surface area contributed by atoms with Gasteiger partial charge >= 0.3 is 0 Å². The van der Waals surface area contributed by atoms with E-state index in [2.05, 4.69) is 14.7 Å². The number of nitrogens with one attached hydrogen (secondary N) is 2. The van der Waals surface area contributed by atoms with Gasteiger partial charge in [0.05, 0.1) is 17.4 Å². The number of nitrogens with zero attached hydrogens (tertiary/aromatic N) is 1. The average Bonchev–Trinajstić information content (AvgIpc) is 3.07. The second kappa shape index (κ2) is 4.76. The van der Waals surface area contributed by atoms with Gasteiger partial charge in [-0.15, -0.1) is 11.3 Å². The molecule has 0 unspecified atom stereocenters. The number of aromatic amines is 1. The quantitative estimate of drug-likeness (QED) is 0.773. The first-order valence-electron chi connectivity index (χ1n) is 5.60. The first kappa shape index (κ1) is 12.3. The molecule has 0 saturated heterocycles. The van der Waals surface area contributed by atoms with Gasteiger partial charge in [0.2, 0.25) is 10.0 Å². The Labute approximate surface area is 114 Å². The topological polar surface area (TPSA) is 74.8 Å². The number of rotatable bonds is 4. The van der Waals surface area contributed by atoms with Gasteiger partial charge in [-0.05, 0) is 29.1 Å². The van der Waals surface area contributed by atoms with Gasteiger partial charge in [-0.3, -0.25) is 0 Å².